The van der Waals surface area contributed by atoms with Gasteiger partial charge in [-0.2, -0.15) is 0 Å². The summed E-state index contributed by atoms with van der Waals surface area (Å²) in [5.41, 5.74) is 2.10. The number of amides is 2. The molecule has 2 aromatic rings. The van der Waals surface area contributed by atoms with Crippen molar-refractivity contribution < 1.29 is 24.2 Å². The molecule has 36 heavy (non-hydrogen) atoms. The van der Waals surface area contributed by atoms with E-state index < -0.39 is 12.0 Å². The zero-order chi connectivity index (χ0) is 25.6. The highest BCUT2D eigenvalue weighted by atomic mass is 16.5. The number of benzene rings is 2. The molecule has 0 unspecified atom stereocenters. The first-order valence-corrected chi connectivity index (χ1v) is 12.6. The van der Waals surface area contributed by atoms with Crippen LogP contribution in [0.4, 0.5) is 0 Å². The maximum atomic E-state index is 12.8. The second-order valence-corrected chi connectivity index (χ2v) is 9.17. The topological polar surface area (TPSA) is 105 Å². The van der Waals surface area contributed by atoms with Gasteiger partial charge in [0.25, 0.3) is 0 Å². The third kappa shape index (κ3) is 9.30. The van der Waals surface area contributed by atoms with E-state index in [1.54, 1.807) is 0 Å². The van der Waals surface area contributed by atoms with Gasteiger partial charge in [-0.25, -0.2) is 0 Å². The summed E-state index contributed by atoms with van der Waals surface area (Å²) in [5, 5.41) is 15.4. The lowest BCUT2D eigenvalue weighted by Gasteiger charge is -2.19. The Bertz CT molecular complexity index is 993. The molecule has 1 aliphatic heterocycles. The predicted octanol–water partition coefficient (Wildman–Crippen LogP) is 2.97. The molecule has 0 saturated carbocycles. The van der Waals surface area contributed by atoms with E-state index in [2.05, 4.69) is 10.6 Å². The van der Waals surface area contributed by atoms with E-state index in [0.717, 1.165) is 11.1 Å². The normalized spacial score (nSPS) is 20.1. The Morgan fingerprint density at radius 3 is 2.39 bits per heavy atom. The van der Waals surface area contributed by atoms with Gasteiger partial charge in [0.05, 0.1) is 31.0 Å². The fourth-order valence-corrected chi connectivity index (χ4v) is 4.32. The average Bonchev–Trinajstić information content (AvgIpc) is 2.90. The maximum absolute atomic E-state index is 12.8. The molecule has 0 aromatic heterocycles. The molecule has 0 fully saturated rings. The number of nitrogens with one attached hydrogen (secondary N) is 2. The van der Waals surface area contributed by atoms with Crippen LogP contribution in [0.3, 0.4) is 0 Å². The van der Waals surface area contributed by atoms with Crippen LogP contribution in [0, 0.1) is 11.8 Å². The summed E-state index contributed by atoms with van der Waals surface area (Å²) in [5.74, 6) is -1.60. The molecule has 1 heterocycles. The Labute approximate surface area is 212 Å². The lowest BCUT2D eigenvalue weighted by atomic mass is 9.94. The van der Waals surface area contributed by atoms with Crippen molar-refractivity contribution in [3.63, 3.8) is 0 Å². The zero-order valence-corrected chi connectivity index (χ0v) is 20.6. The quantitative estimate of drug-likeness (QED) is 0.388. The van der Waals surface area contributed by atoms with Gasteiger partial charge < -0.3 is 20.5 Å². The number of aliphatic hydroxyl groups is 1. The highest BCUT2D eigenvalue weighted by Crippen LogP contribution is 2.18. The first-order chi connectivity index (χ1) is 17.5. The van der Waals surface area contributed by atoms with E-state index in [0.29, 0.717) is 32.1 Å². The monoisotopic (exact) mass is 492 g/mol. The van der Waals surface area contributed by atoms with Crippen LogP contribution in [0.1, 0.15) is 36.8 Å². The van der Waals surface area contributed by atoms with Crippen LogP contribution in [0.15, 0.2) is 72.8 Å². The third-order valence-electron chi connectivity index (χ3n) is 6.29. The lowest BCUT2D eigenvalue weighted by molar-refractivity contribution is -0.149. The van der Waals surface area contributed by atoms with Gasteiger partial charge in [0.15, 0.2) is 0 Å². The standard InChI is InChI=1S/C29H36N2O5/c32-21-26(19-23-12-6-2-7-13-23)31-27(33)20-24-14-8-3-9-15-25(18-22-10-4-1-5-11-22)29(35)36-17-16-30-28(24)34/h1-8,10-13,24-26,32H,9,14-21H2,(H,30,34)(H,31,33)/t24-,25-,26+/m1/s1. The molecule has 3 N–H and O–H groups in total. The van der Waals surface area contributed by atoms with Gasteiger partial charge in [-0.3, -0.25) is 14.4 Å². The van der Waals surface area contributed by atoms with Crippen LogP contribution in [-0.2, 0) is 32.0 Å². The van der Waals surface area contributed by atoms with Crippen molar-refractivity contribution in [2.45, 2.75) is 44.6 Å². The summed E-state index contributed by atoms with van der Waals surface area (Å²) < 4.78 is 5.44. The van der Waals surface area contributed by atoms with Crippen LogP contribution in [-0.4, -0.2) is 48.7 Å². The minimum Gasteiger partial charge on any atom is -0.464 e. The second-order valence-electron chi connectivity index (χ2n) is 9.17. The van der Waals surface area contributed by atoms with Gasteiger partial charge in [-0.05, 0) is 43.2 Å². The number of esters is 1. The molecule has 7 heteroatoms. The smallest absolute Gasteiger partial charge is 0.309 e. The van der Waals surface area contributed by atoms with E-state index in [-0.39, 0.29) is 49.9 Å². The predicted molar refractivity (Wildman–Crippen MR) is 138 cm³/mol. The van der Waals surface area contributed by atoms with Crippen LogP contribution in [0.5, 0.6) is 0 Å². The number of aliphatic hydroxyl groups excluding tert-OH is 1. The number of rotatable bonds is 8. The number of allylic oxidation sites excluding steroid dienone is 2. The Kier molecular flexibility index (Phi) is 11.2. The first-order valence-electron chi connectivity index (χ1n) is 12.6. The Balaban J connectivity index is 1.56. The molecule has 0 saturated heterocycles. The molecule has 192 valence electrons. The van der Waals surface area contributed by atoms with E-state index in [9.17, 15) is 19.5 Å². The summed E-state index contributed by atoms with van der Waals surface area (Å²) in [6.07, 6.45) is 6.75. The van der Waals surface area contributed by atoms with Crippen molar-refractivity contribution >= 4 is 17.8 Å². The molecule has 0 spiro atoms. The minimum atomic E-state index is -0.547. The molecule has 0 aliphatic carbocycles. The molecule has 2 amide bonds. The van der Waals surface area contributed by atoms with E-state index in [1.165, 1.54) is 0 Å². The van der Waals surface area contributed by atoms with Crippen LogP contribution < -0.4 is 10.6 Å². The number of carbonyl (C=O) groups excluding carboxylic acids is 3. The SMILES string of the molecule is O=C(C[C@H]1CC=CCC[C@H](Cc2ccccc2)C(=O)OCCNC1=O)N[C@H](CO)Cc1ccccc1. The summed E-state index contributed by atoms with van der Waals surface area (Å²) >= 11 is 0. The van der Waals surface area contributed by atoms with Crippen molar-refractivity contribution in [1.82, 2.24) is 10.6 Å². The van der Waals surface area contributed by atoms with Crippen LogP contribution >= 0.6 is 0 Å². The van der Waals surface area contributed by atoms with Crippen molar-refractivity contribution in [3.8, 4) is 0 Å². The molecular weight excluding hydrogens is 456 g/mol. The number of hydrogen-bond donors (Lipinski definition) is 3. The van der Waals surface area contributed by atoms with Crippen molar-refractivity contribution in [2.75, 3.05) is 19.8 Å². The Hall–Kier alpha value is -3.45. The number of carbonyl (C=O) groups is 3. The Morgan fingerprint density at radius 1 is 1.00 bits per heavy atom. The first kappa shape index (κ1) is 27.1. The zero-order valence-electron chi connectivity index (χ0n) is 20.6. The molecule has 2 aromatic carbocycles. The largest absolute Gasteiger partial charge is 0.464 e. The fourth-order valence-electron chi connectivity index (χ4n) is 4.32. The van der Waals surface area contributed by atoms with Crippen LogP contribution in [0.25, 0.3) is 0 Å². The molecule has 1 aliphatic rings. The lowest BCUT2D eigenvalue weighted by Crippen LogP contribution is -2.42. The van der Waals surface area contributed by atoms with Gasteiger partial charge in [-0.15, -0.1) is 0 Å². The molecular formula is C29H36N2O5. The molecule has 3 rings (SSSR count). The van der Waals surface area contributed by atoms with E-state index in [4.69, 9.17) is 4.74 Å². The van der Waals surface area contributed by atoms with Gasteiger partial charge in [0, 0.05) is 6.42 Å². The van der Waals surface area contributed by atoms with Crippen molar-refractivity contribution in [3.05, 3.63) is 83.9 Å². The summed E-state index contributed by atoms with van der Waals surface area (Å²) in [6, 6.07) is 19.1. The summed E-state index contributed by atoms with van der Waals surface area (Å²) in [7, 11) is 0. The molecule has 3 atom stereocenters. The van der Waals surface area contributed by atoms with Crippen LogP contribution in [0.2, 0.25) is 0 Å². The van der Waals surface area contributed by atoms with Gasteiger partial charge in [0.2, 0.25) is 11.8 Å². The second kappa shape index (κ2) is 14.8. The van der Waals surface area contributed by atoms with Gasteiger partial charge in [0.1, 0.15) is 6.61 Å². The third-order valence-corrected chi connectivity index (χ3v) is 6.29. The van der Waals surface area contributed by atoms with Gasteiger partial charge in [-0.1, -0.05) is 72.8 Å². The Morgan fingerprint density at radius 2 is 1.69 bits per heavy atom. The maximum Gasteiger partial charge on any atom is 0.309 e. The minimum absolute atomic E-state index is 0.0118. The van der Waals surface area contributed by atoms with Gasteiger partial charge >= 0.3 is 5.97 Å². The highest BCUT2D eigenvalue weighted by molar-refractivity contribution is 5.86. The fraction of sp³-hybridized carbons (Fsp3) is 0.414. The number of hydrogen-bond acceptors (Lipinski definition) is 5. The van der Waals surface area contributed by atoms with Crippen molar-refractivity contribution in [1.29, 1.82) is 0 Å². The molecule has 0 bridgehead atoms. The summed E-state index contributed by atoms with van der Waals surface area (Å²) in [6.45, 7) is 0.0938. The highest BCUT2D eigenvalue weighted by Gasteiger charge is 2.24. The van der Waals surface area contributed by atoms with Crippen molar-refractivity contribution in [2.24, 2.45) is 11.8 Å². The number of cyclic esters (lactones) is 1. The number of ether oxygens (including phenoxy) is 1. The van der Waals surface area contributed by atoms with E-state index >= 15 is 0 Å². The molecule has 0 radical (unpaired) electrons. The molecule has 7 nitrogen and oxygen atoms in total. The van der Waals surface area contributed by atoms with E-state index in [1.807, 2.05) is 72.8 Å². The average molecular weight is 493 g/mol. The summed E-state index contributed by atoms with van der Waals surface area (Å²) in [4.78, 5) is 38.1.